The summed E-state index contributed by atoms with van der Waals surface area (Å²) in [6.45, 7) is 7.60. The van der Waals surface area contributed by atoms with Crippen LogP contribution in [0.3, 0.4) is 0 Å². The van der Waals surface area contributed by atoms with Gasteiger partial charge < -0.3 is 15.2 Å². The predicted octanol–water partition coefficient (Wildman–Crippen LogP) is 2.65. The van der Waals surface area contributed by atoms with Crippen LogP contribution in [0.2, 0.25) is 0 Å². The Morgan fingerprint density at radius 3 is 2.55 bits per heavy atom. The van der Waals surface area contributed by atoms with Crippen LogP contribution >= 0.6 is 0 Å². The van der Waals surface area contributed by atoms with Crippen molar-refractivity contribution < 1.29 is 14.6 Å². The third kappa shape index (κ3) is 3.04. The molecule has 1 aliphatic rings. The van der Waals surface area contributed by atoms with Crippen LogP contribution in [0, 0.1) is 5.41 Å². The maximum Gasteiger partial charge on any atom is 0.405 e. The maximum absolute atomic E-state index is 11.0. The van der Waals surface area contributed by atoms with Gasteiger partial charge in [-0.3, -0.25) is 4.90 Å². The lowest BCUT2D eigenvalue weighted by Crippen LogP contribution is -2.53. The van der Waals surface area contributed by atoms with Gasteiger partial charge in [0.25, 0.3) is 0 Å². The maximum atomic E-state index is 11.0. The Hall–Kier alpha value is -1.75. The van der Waals surface area contributed by atoms with E-state index in [9.17, 15) is 4.79 Å². The van der Waals surface area contributed by atoms with E-state index in [1.807, 2.05) is 32.9 Å². The zero-order valence-corrected chi connectivity index (χ0v) is 12.4. The van der Waals surface area contributed by atoms with Gasteiger partial charge in [-0.05, 0) is 28.7 Å². The first-order valence-electron chi connectivity index (χ1n) is 6.70. The number of methoxy groups -OCH3 is 1. The Morgan fingerprint density at radius 2 is 2.00 bits per heavy atom. The number of hydrogen-bond donors (Lipinski definition) is 2. The Bertz CT molecular complexity index is 508. The summed E-state index contributed by atoms with van der Waals surface area (Å²) in [5.41, 5.74) is 2.25. The molecular weight excluding hydrogens is 256 g/mol. The van der Waals surface area contributed by atoms with Gasteiger partial charge >= 0.3 is 6.09 Å². The summed E-state index contributed by atoms with van der Waals surface area (Å²) < 4.78 is 5.24. The lowest BCUT2D eigenvalue weighted by Gasteiger charge is -2.37. The summed E-state index contributed by atoms with van der Waals surface area (Å²) in [6, 6.07) is 6.02. The third-order valence-corrected chi connectivity index (χ3v) is 3.61. The minimum Gasteiger partial charge on any atom is -0.497 e. The number of amides is 1. The van der Waals surface area contributed by atoms with Gasteiger partial charge in [-0.2, -0.15) is 0 Å². The Kier molecular flexibility index (Phi) is 3.90. The second kappa shape index (κ2) is 5.32. The fourth-order valence-corrected chi connectivity index (χ4v) is 2.68. The molecule has 0 saturated carbocycles. The topological polar surface area (TPSA) is 61.8 Å². The molecule has 20 heavy (non-hydrogen) atoms. The molecule has 0 bridgehead atoms. The van der Waals surface area contributed by atoms with Gasteiger partial charge in [0.1, 0.15) is 5.75 Å². The number of fused-ring (bicyclic) bond motifs is 1. The highest BCUT2D eigenvalue weighted by Crippen LogP contribution is 2.32. The molecule has 1 unspecified atom stereocenters. The zero-order chi connectivity index (χ0) is 14.9. The van der Waals surface area contributed by atoms with E-state index in [0.717, 1.165) is 18.8 Å². The lowest BCUT2D eigenvalue weighted by molar-refractivity contribution is 0.0666. The molecule has 2 rings (SSSR count). The Balaban J connectivity index is 2.20. The van der Waals surface area contributed by atoms with Crippen LogP contribution in [-0.4, -0.2) is 29.4 Å². The normalized spacial score (nSPS) is 16.6. The molecule has 0 saturated heterocycles. The van der Waals surface area contributed by atoms with Crippen molar-refractivity contribution in [1.82, 2.24) is 10.2 Å². The van der Waals surface area contributed by atoms with Gasteiger partial charge in [-0.15, -0.1) is 0 Å². The van der Waals surface area contributed by atoms with Gasteiger partial charge in [0.15, 0.2) is 0 Å². The zero-order valence-electron chi connectivity index (χ0n) is 12.4. The van der Waals surface area contributed by atoms with E-state index in [1.165, 1.54) is 11.1 Å². The minimum absolute atomic E-state index is 0.176. The average Bonchev–Trinajstić information content (AvgIpc) is 2.76. The van der Waals surface area contributed by atoms with Crippen LogP contribution in [0.1, 0.15) is 31.9 Å². The van der Waals surface area contributed by atoms with Crippen molar-refractivity contribution in [1.29, 1.82) is 0 Å². The molecule has 2 N–H and O–H groups in total. The van der Waals surface area contributed by atoms with E-state index in [4.69, 9.17) is 9.84 Å². The van der Waals surface area contributed by atoms with Gasteiger partial charge in [0, 0.05) is 13.1 Å². The van der Waals surface area contributed by atoms with Crippen LogP contribution in [0.15, 0.2) is 18.2 Å². The highest BCUT2D eigenvalue weighted by atomic mass is 16.5. The van der Waals surface area contributed by atoms with Gasteiger partial charge in [0.05, 0.1) is 13.3 Å². The predicted molar refractivity (Wildman–Crippen MR) is 76.6 cm³/mol. The first-order valence-corrected chi connectivity index (χ1v) is 6.70. The molecule has 0 aromatic heterocycles. The first kappa shape index (κ1) is 14.7. The van der Waals surface area contributed by atoms with Crippen molar-refractivity contribution in [2.75, 3.05) is 7.11 Å². The highest BCUT2D eigenvalue weighted by molar-refractivity contribution is 5.65. The summed E-state index contributed by atoms with van der Waals surface area (Å²) in [5.74, 6) is 0.837. The van der Waals surface area contributed by atoms with Crippen LogP contribution in [0.5, 0.6) is 5.75 Å². The number of hydrogen-bond acceptors (Lipinski definition) is 3. The molecule has 0 fully saturated rings. The molecule has 1 aliphatic heterocycles. The second-order valence-corrected chi connectivity index (χ2v) is 6.26. The number of ether oxygens (including phenoxy) is 1. The van der Waals surface area contributed by atoms with E-state index in [1.54, 1.807) is 7.11 Å². The first-order chi connectivity index (χ1) is 9.31. The van der Waals surface area contributed by atoms with E-state index in [-0.39, 0.29) is 11.6 Å². The van der Waals surface area contributed by atoms with Crippen LogP contribution < -0.4 is 10.1 Å². The molecule has 1 heterocycles. The molecule has 5 heteroatoms. The summed E-state index contributed by atoms with van der Waals surface area (Å²) in [4.78, 5) is 13.2. The molecule has 5 nitrogen and oxygen atoms in total. The fourth-order valence-electron chi connectivity index (χ4n) is 2.68. The van der Waals surface area contributed by atoms with Crippen LogP contribution in [0.25, 0.3) is 0 Å². The molecule has 110 valence electrons. The molecule has 0 spiro atoms. The molecule has 0 radical (unpaired) electrons. The van der Waals surface area contributed by atoms with E-state index >= 15 is 0 Å². The monoisotopic (exact) mass is 278 g/mol. The average molecular weight is 278 g/mol. The van der Waals surface area contributed by atoms with E-state index in [2.05, 4.69) is 16.3 Å². The summed E-state index contributed by atoms with van der Waals surface area (Å²) in [5, 5.41) is 11.7. The standard InChI is InChI=1S/C15H22N2O3/c1-15(2,3)13(16-14(18)19)17-8-10-5-6-12(20-4)7-11(10)9-17/h5-7,13,16H,8-9H2,1-4H3,(H,18,19). The summed E-state index contributed by atoms with van der Waals surface area (Å²) in [6.07, 6.45) is -1.21. The van der Waals surface area contributed by atoms with Crippen LogP contribution in [0.4, 0.5) is 4.79 Å². The van der Waals surface area contributed by atoms with Crippen molar-refractivity contribution in [3.63, 3.8) is 0 Å². The van der Waals surface area contributed by atoms with Gasteiger partial charge in [0.2, 0.25) is 0 Å². The lowest BCUT2D eigenvalue weighted by atomic mass is 9.91. The van der Waals surface area contributed by atoms with Crippen molar-refractivity contribution in [2.45, 2.75) is 40.0 Å². The Labute approximate surface area is 119 Å². The van der Waals surface area contributed by atoms with E-state index < -0.39 is 6.09 Å². The molecule has 1 aromatic rings. The van der Waals surface area contributed by atoms with Gasteiger partial charge in [-0.25, -0.2) is 4.79 Å². The molecule has 1 amide bonds. The van der Waals surface area contributed by atoms with Crippen molar-refractivity contribution in [3.8, 4) is 5.75 Å². The smallest absolute Gasteiger partial charge is 0.405 e. The SMILES string of the molecule is COc1ccc2c(c1)CN(C(NC(=O)O)C(C)(C)C)C2. The largest absolute Gasteiger partial charge is 0.497 e. The number of nitrogens with zero attached hydrogens (tertiary/aromatic N) is 1. The number of rotatable bonds is 3. The number of nitrogens with one attached hydrogen (secondary N) is 1. The number of benzene rings is 1. The number of carbonyl (C=O) groups is 1. The summed E-state index contributed by atoms with van der Waals surface area (Å²) >= 11 is 0. The minimum atomic E-state index is -0.988. The summed E-state index contributed by atoms with van der Waals surface area (Å²) in [7, 11) is 1.65. The molecule has 1 atom stereocenters. The number of carboxylic acid groups (broad SMARTS) is 1. The fraction of sp³-hybridized carbons (Fsp3) is 0.533. The second-order valence-electron chi connectivity index (χ2n) is 6.26. The third-order valence-electron chi connectivity index (χ3n) is 3.61. The van der Waals surface area contributed by atoms with Crippen molar-refractivity contribution >= 4 is 6.09 Å². The van der Waals surface area contributed by atoms with Crippen molar-refractivity contribution in [3.05, 3.63) is 29.3 Å². The van der Waals surface area contributed by atoms with Crippen LogP contribution in [-0.2, 0) is 13.1 Å². The van der Waals surface area contributed by atoms with Crippen molar-refractivity contribution in [2.24, 2.45) is 5.41 Å². The Morgan fingerprint density at radius 1 is 1.35 bits per heavy atom. The molecular formula is C15H22N2O3. The highest BCUT2D eigenvalue weighted by Gasteiger charge is 2.35. The molecule has 0 aliphatic carbocycles. The quantitative estimate of drug-likeness (QED) is 0.892. The van der Waals surface area contributed by atoms with E-state index in [0.29, 0.717) is 0 Å². The van der Waals surface area contributed by atoms with Gasteiger partial charge in [-0.1, -0.05) is 26.8 Å². The molecule has 1 aromatic carbocycles.